The summed E-state index contributed by atoms with van der Waals surface area (Å²) in [6.45, 7) is 11.9. The first-order valence-electron chi connectivity index (χ1n) is 7.14. The molecule has 0 fully saturated rings. The summed E-state index contributed by atoms with van der Waals surface area (Å²) in [7, 11) is 0. The van der Waals surface area contributed by atoms with Crippen LogP contribution in [0.1, 0.15) is 51.5 Å². The van der Waals surface area contributed by atoms with E-state index in [0.29, 0.717) is 6.61 Å². The molecule has 0 saturated heterocycles. The molecule has 1 rings (SSSR count). The Labute approximate surface area is 111 Å². The number of nitrogens with one attached hydrogen (secondary N) is 1. The molecule has 4 heteroatoms. The number of rotatable bonds is 9. The molecule has 0 aliphatic carbocycles. The molecule has 18 heavy (non-hydrogen) atoms. The molecule has 0 saturated carbocycles. The highest BCUT2D eigenvalue weighted by Crippen LogP contribution is 2.16. The Morgan fingerprint density at radius 2 is 2.11 bits per heavy atom. The van der Waals surface area contributed by atoms with Gasteiger partial charge in [0.1, 0.15) is 0 Å². The van der Waals surface area contributed by atoms with Crippen LogP contribution in [0, 0.1) is 0 Å². The number of hydrogen-bond donors (Lipinski definition) is 1. The van der Waals surface area contributed by atoms with E-state index < -0.39 is 0 Å². The smallest absolute Gasteiger partial charge is 0.0729 e. The number of nitrogens with zero attached hydrogens (tertiary/aromatic N) is 2. The van der Waals surface area contributed by atoms with Crippen molar-refractivity contribution in [3.63, 3.8) is 0 Å². The summed E-state index contributed by atoms with van der Waals surface area (Å²) in [5.41, 5.74) is 2.41. The Kier molecular flexibility index (Phi) is 6.98. The van der Waals surface area contributed by atoms with E-state index in [4.69, 9.17) is 4.74 Å². The summed E-state index contributed by atoms with van der Waals surface area (Å²) >= 11 is 0. The largest absolute Gasteiger partial charge is 0.380 e. The third-order valence-corrected chi connectivity index (χ3v) is 3.01. The van der Waals surface area contributed by atoms with Gasteiger partial charge in [-0.25, -0.2) is 0 Å². The molecule has 0 aliphatic heterocycles. The van der Waals surface area contributed by atoms with E-state index >= 15 is 0 Å². The van der Waals surface area contributed by atoms with Gasteiger partial charge in [0.15, 0.2) is 0 Å². The van der Waals surface area contributed by atoms with E-state index in [2.05, 4.69) is 41.9 Å². The van der Waals surface area contributed by atoms with E-state index in [1.54, 1.807) is 0 Å². The lowest BCUT2D eigenvalue weighted by Gasteiger charge is -2.19. The van der Waals surface area contributed by atoms with Gasteiger partial charge < -0.3 is 10.1 Å². The van der Waals surface area contributed by atoms with E-state index in [-0.39, 0.29) is 6.04 Å². The minimum atomic E-state index is 0.248. The molecule has 104 valence electrons. The molecular weight excluding hydrogens is 226 g/mol. The molecule has 0 amide bonds. The first-order chi connectivity index (χ1) is 8.76. The second-order valence-electron chi connectivity index (χ2n) is 4.40. The summed E-state index contributed by atoms with van der Waals surface area (Å²) in [6.07, 6.45) is 2.11. The Hall–Kier alpha value is -0.870. The topological polar surface area (TPSA) is 39.1 Å². The van der Waals surface area contributed by atoms with Gasteiger partial charge in [0, 0.05) is 13.2 Å². The lowest BCUT2D eigenvalue weighted by Crippen LogP contribution is -2.28. The molecule has 4 nitrogen and oxygen atoms in total. The molecule has 1 atom stereocenters. The molecule has 1 unspecified atom stereocenters. The van der Waals surface area contributed by atoms with Gasteiger partial charge >= 0.3 is 0 Å². The standard InChI is InChI=1S/C14H27N3O/c1-5-9-15-13(11-18-8-4)14-10-12(6-2)16-17(14)7-3/h10,13,15H,5-9,11H2,1-4H3. The molecule has 0 radical (unpaired) electrons. The summed E-state index contributed by atoms with van der Waals surface area (Å²) < 4.78 is 7.67. The van der Waals surface area contributed by atoms with Crippen molar-refractivity contribution in [1.29, 1.82) is 0 Å². The molecule has 1 aromatic heterocycles. The third-order valence-electron chi connectivity index (χ3n) is 3.01. The van der Waals surface area contributed by atoms with Crippen LogP contribution in [0.5, 0.6) is 0 Å². The van der Waals surface area contributed by atoms with Crippen molar-refractivity contribution in [3.05, 3.63) is 17.5 Å². The average molecular weight is 253 g/mol. The fourth-order valence-corrected chi connectivity index (χ4v) is 2.00. The summed E-state index contributed by atoms with van der Waals surface area (Å²) in [5.74, 6) is 0. The molecule has 1 N–H and O–H groups in total. The lowest BCUT2D eigenvalue weighted by atomic mass is 10.2. The number of aryl methyl sites for hydroxylation is 2. The van der Waals surface area contributed by atoms with Crippen LogP contribution >= 0.6 is 0 Å². The van der Waals surface area contributed by atoms with Crippen LogP contribution in [-0.4, -0.2) is 29.5 Å². The fourth-order valence-electron chi connectivity index (χ4n) is 2.00. The van der Waals surface area contributed by atoms with Crippen molar-refractivity contribution in [1.82, 2.24) is 15.1 Å². The zero-order valence-corrected chi connectivity index (χ0v) is 12.2. The van der Waals surface area contributed by atoms with Crippen LogP contribution < -0.4 is 5.32 Å². The maximum absolute atomic E-state index is 5.59. The second kappa shape index (κ2) is 8.27. The number of aromatic nitrogens is 2. The van der Waals surface area contributed by atoms with Gasteiger partial charge in [0.25, 0.3) is 0 Å². The third kappa shape index (κ3) is 4.10. The van der Waals surface area contributed by atoms with Gasteiger partial charge in [0.2, 0.25) is 0 Å². The number of hydrogen-bond acceptors (Lipinski definition) is 3. The Bertz CT molecular complexity index is 328. The SMILES string of the molecule is CCCNC(COCC)c1cc(CC)nn1CC. The van der Waals surface area contributed by atoms with Crippen LogP contribution in [-0.2, 0) is 17.7 Å². The second-order valence-corrected chi connectivity index (χ2v) is 4.40. The van der Waals surface area contributed by atoms with Crippen molar-refractivity contribution >= 4 is 0 Å². The van der Waals surface area contributed by atoms with Gasteiger partial charge in [-0.3, -0.25) is 4.68 Å². The monoisotopic (exact) mass is 253 g/mol. The van der Waals surface area contributed by atoms with E-state index in [9.17, 15) is 0 Å². The predicted molar refractivity (Wildman–Crippen MR) is 74.8 cm³/mol. The van der Waals surface area contributed by atoms with E-state index in [0.717, 1.165) is 38.2 Å². The van der Waals surface area contributed by atoms with Crippen molar-refractivity contribution in [2.24, 2.45) is 0 Å². The zero-order valence-electron chi connectivity index (χ0n) is 12.2. The maximum Gasteiger partial charge on any atom is 0.0729 e. The summed E-state index contributed by atoms with van der Waals surface area (Å²) in [5, 5.41) is 8.15. The van der Waals surface area contributed by atoms with Gasteiger partial charge in [0.05, 0.1) is 24.0 Å². The minimum absolute atomic E-state index is 0.248. The molecular formula is C14H27N3O. The molecule has 0 spiro atoms. The van der Waals surface area contributed by atoms with Crippen LogP contribution in [0.25, 0.3) is 0 Å². The highest BCUT2D eigenvalue weighted by molar-refractivity contribution is 5.14. The minimum Gasteiger partial charge on any atom is -0.380 e. The van der Waals surface area contributed by atoms with Crippen molar-refractivity contribution in [2.75, 3.05) is 19.8 Å². The van der Waals surface area contributed by atoms with Crippen molar-refractivity contribution in [2.45, 2.75) is 53.1 Å². The normalized spacial score (nSPS) is 12.9. The van der Waals surface area contributed by atoms with Crippen molar-refractivity contribution in [3.8, 4) is 0 Å². The molecule has 0 bridgehead atoms. The van der Waals surface area contributed by atoms with Crippen LogP contribution in [0.2, 0.25) is 0 Å². The summed E-state index contributed by atoms with van der Waals surface area (Å²) in [6, 6.07) is 2.45. The van der Waals surface area contributed by atoms with Gasteiger partial charge in [-0.2, -0.15) is 5.10 Å². The highest BCUT2D eigenvalue weighted by Gasteiger charge is 2.16. The van der Waals surface area contributed by atoms with E-state index in [1.165, 1.54) is 5.69 Å². The van der Waals surface area contributed by atoms with Gasteiger partial charge in [-0.05, 0) is 39.3 Å². The Morgan fingerprint density at radius 3 is 2.67 bits per heavy atom. The van der Waals surface area contributed by atoms with Crippen LogP contribution in [0.4, 0.5) is 0 Å². The average Bonchev–Trinajstić information content (AvgIpc) is 2.82. The zero-order chi connectivity index (χ0) is 13.4. The predicted octanol–water partition coefficient (Wildman–Crippen LogP) is 2.54. The van der Waals surface area contributed by atoms with Crippen molar-refractivity contribution < 1.29 is 4.74 Å². The first-order valence-corrected chi connectivity index (χ1v) is 7.14. The quantitative estimate of drug-likeness (QED) is 0.735. The molecule has 1 aromatic rings. The highest BCUT2D eigenvalue weighted by atomic mass is 16.5. The Morgan fingerprint density at radius 1 is 1.33 bits per heavy atom. The van der Waals surface area contributed by atoms with E-state index in [1.807, 2.05) is 6.92 Å². The molecule has 0 aromatic carbocycles. The van der Waals surface area contributed by atoms with Crippen LogP contribution in [0.15, 0.2) is 6.07 Å². The number of ether oxygens (including phenoxy) is 1. The Balaban J connectivity index is 2.83. The fraction of sp³-hybridized carbons (Fsp3) is 0.786. The lowest BCUT2D eigenvalue weighted by molar-refractivity contribution is 0.120. The van der Waals surface area contributed by atoms with Gasteiger partial charge in [-0.1, -0.05) is 13.8 Å². The molecule has 0 aliphatic rings. The summed E-state index contributed by atoms with van der Waals surface area (Å²) in [4.78, 5) is 0. The van der Waals surface area contributed by atoms with Gasteiger partial charge in [-0.15, -0.1) is 0 Å². The molecule has 1 heterocycles. The first kappa shape index (κ1) is 15.2. The maximum atomic E-state index is 5.59. The van der Waals surface area contributed by atoms with Crippen LogP contribution in [0.3, 0.4) is 0 Å².